The van der Waals surface area contributed by atoms with Crippen LogP contribution in [0, 0.1) is 6.92 Å². The van der Waals surface area contributed by atoms with E-state index in [9.17, 15) is 9.59 Å². The van der Waals surface area contributed by atoms with E-state index in [4.69, 9.17) is 9.47 Å². The van der Waals surface area contributed by atoms with Gasteiger partial charge in [0.25, 0.3) is 5.91 Å². The first-order valence-corrected chi connectivity index (χ1v) is 8.61. The molecular formula is C18H22N2O4S. The monoisotopic (exact) mass is 362 g/mol. The second-order valence-corrected chi connectivity index (χ2v) is 6.53. The minimum Gasteiger partial charge on any atom is -0.493 e. The predicted octanol–water partition coefficient (Wildman–Crippen LogP) is 2.46. The zero-order valence-electron chi connectivity index (χ0n) is 14.8. The topological polar surface area (TPSA) is 67.9 Å². The van der Waals surface area contributed by atoms with Gasteiger partial charge >= 0.3 is 0 Å². The highest BCUT2D eigenvalue weighted by molar-refractivity contribution is 7.10. The highest BCUT2D eigenvalue weighted by atomic mass is 32.1. The molecule has 0 atom stereocenters. The third-order valence-corrected chi connectivity index (χ3v) is 4.83. The number of carbonyl (C=O) groups excluding carboxylic acids is 2. The maximum absolute atomic E-state index is 12.2. The molecule has 134 valence electrons. The van der Waals surface area contributed by atoms with Gasteiger partial charge in [-0.2, -0.15) is 0 Å². The van der Waals surface area contributed by atoms with Gasteiger partial charge in [-0.05, 0) is 42.1 Å². The number of rotatable bonds is 7. The van der Waals surface area contributed by atoms with Crippen LogP contribution in [0.2, 0.25) is 0 Å². The van der Waals surface area contributed by atoms with Crippen molar-refractivity contribution in [2.75, 3.05) is 27.8 Å². The molecule has 0 saturated heterocycles. The Morgan fingerprint density at radius 1 is 1.16 bits per heavy atom. The zero-order valence-corrected chi connectivity index (χ0v) is 15.6. The molecule has 0 saturated carbocycles. The summed E-state index contributed by atoms with van der Waals surface area (Å²) in [7, 11) is 4.76. The number of aryl methyl sites for hydroxylation is 1. The SMILES string of the molecule is COc1ccc(C(=O)NCC(=O)N(C)Cc2sccc2C)cc1OC. The molecule has 0 aliphatic carbocycles. The smallest absolute Gasteiger partial charge is 0.251 e. The van der Waals surface area contributed by atoms with Crippen molar-refractivity contribution in [3.63, 3.8) is 0 Å². The summed E-state index contributed by atoms with van der Waals surface area (Å²) in [4.78, 5) is 27.2. The minimum atomic E-state index is -0.338. The lowest BCUT2D eigenvalue weighted by molar-refractivity contribution is -0.129. The van der Waals surface area contributed by atoms with Gasteiger partial charge in [0.15, 0.2) is 11.5 Å². The second-order valence-electron chi connectivity index (χ2n) is 5.53. The Kier molecular flexibility index (Phi) is 6.41. The molecule has 0 bridgehead atoms. The average Bonchev–Trinajstić information content (AvgIpc) is 3.03. The van der Waals surface area contributed by atoms with Crippen LogP contribution in [0.15, 0.2) is 29.6 Å². The minimum absolute atomic E-state index is 0.0614. The zero-order chi connectivity index (χ0) is 18.4. The summed E-state index contributed by atoms with van der Waals surface area (Å²) in [6.07, 6.45) is 0. The number of thiophene rings is 1. The fourth-order valence-electron chi connectivity index (χ4n) is 2.24. The Morgan fingerprint density at radius 2 is 1.88 bits per heavy atom. The first-order chi connectivity index (χ1) is 12.0. The van der Waals surface area contributed by atoms with Crippen LogP contribution < -0.4 is 14.8 Å². The van der Waals surface area contributed by atoms with E-state index in [-0.39, 0.29) is 18.4 Å². The number of amides is 2. The van der Waals surface area contributed by atoms with Crippen LogP contribution in [0.5, 0.6) is 11.5 Å². The van der Waals surface area contributed by atoms with Gasteiger partial charge in [0.1, 0.15) is 0 Å². The summed E-state index contributed by atoms with van der Waals surface area (Å²) in [5.74, 6) is 0.518. The van der Waals surface area contributed by atoms with E-state index in [2.05, 4.69) is 5.32 Å². The number of carbonyl (C=O) groups is 2. The lowest BCUT2D eigenvalue weighted by atomic mass is 10.2. The highest BCUT2D eigenvalue weighted by Gasteiger charge is 2.15. The van der Waals surface area contributed by atoms with Gasteiger partial charge in [-0.3, -0.25) is 9.59 Å². The molecule has 0 radical (unpaired) electrons. The Labute approximate surface area is 151 Å². The third kappa shape index (κ3) is 4.73. The average molecular weight is 362 g/mol. The molecule has 2 rings (SSSR count). The van der Waals surface area contributed by atoms with Crippen molar-refractivity contribution < 1.29 is 19.1 Å². The molecule has 1 aromatic carbocycles. The lowest BCUT2D eigenvalue weighted by Gasteiger charge is -2.17. The van der Waals surface area contributed by atoms with Crippen molar-refractivity contribution in [1.82, 2.24) is 10.2 Å². The van der Waals surface area contributed by atoms with E-state index in [1.165, 1.54) is 19.8 Å². The largest absolute Gasteiger partial charge is 0.493 e. The van der Waals surface area contributed by atoms with Gasteiger partial charge in [-0.1, -0.05) is 0 Å². The van der Waals surface area contributed by atoms with Crippen LogP contribution in [0.1, 0.15) is 20.8 Å². The van der Waals surface area contributed by atoms with Crippen molar-refractivity contribution in [3.05, 3.63) is 45.6 Å². The Morgan fingerprint density at radius 3 is 2.48 bits per heavy atom. The number of hydrogen-bond donors (Lipinski definition) is 1. The molecule has 6 nitrogen and oxygen atoms in total. The van der Waals surface area contributed by atoms with E-state index >= 15 is 0 Å². The molecule has 2 amide bonds. The van der Waals surface area contributed by atoms with Crippen LogP contribution >= 0.6 is 11.3 Å². The normalized spacial score (nSPS) is 10.2. The maximum atomic E-state index is 12.2. The first-order valence-electron chi connectivity index (χ1n) is 7.73. The Bertz CT molecular complexity index is 757. The lowest BCUT2D eigenvalue weighted by Crippen LogP contribution is -2.37. The first kappa shape index (κ1) is 18.8. The number of hydrogen-bond acceptors (Lipinski definition) is 5. The molecule has 0 unspecified atom stereocenters. The number of benzene rings is 1. The summed E-state index contributed by atoms with van der Waals surface area (Å²) >= 11 is 1.62. The van der Waals surface area contributed by atoms with Crippen molar-refractivity contribution in [1.29, 1.82) is 0 Å². The van der Waals surface area contributed by atoms with Crippen molar-refractivity contribution in [2.24, 2.45) is 0 Å². The van der Waals surface area contributed by atoms with Gasteiger partial charge in [-0.25, -0.2) is 0 Å². The van der Waals surface area contributed by atoms with Crippen LogP contribution in [-0.2, 0) is 11.3 Å². The molecule has 1 aromatic heterocycles. The van der Waals surface area contributed by atoms with Gasteiger partial charge in [-0.15, -0.1) is 11.3 Å². The van der Waals surface area contributed by atoms with Gasteiger partial charge in [0.2, 0.25) is 5.91 Å². The highest BCUT2D eigenvalue weighted by Crippen LogP contribution is 2.27. The van der Waals surface area contributed by atoms with Crippen LogP contribution in [0.25, 0.3) is 0 Å². The maximum Gasteiger partial charge on any atom is 0.251 e. The summed E-state index contributed by atoms with van der Waals surface area (Å²) in [5.41, 5.74) is 1.57. The number of nitrogens with one attached hydrogen (secondary N) is 1. The van der Waals surface area contributed by atoms with Crippen molar-refractivity contribution >= 4 is 23.2 Å². The summed E-state index contributed by atoms with van der Waals surface area (Å²) in [6, 6.07) is 6.88. The van der Waals surface area contributed by atoms with E-state index in [1.54, 1.807) is 41.5 Å². The standard InChI is InChI=1S/C18H22N2O4S/c1-12-7-8-25-16(12)11-20(2)17(21)10-19-18(22)13-5-6-14(23-3)15(9-13)24-4/h5-9H,10-11H2,1-4H3,(H,19,22). The van der Waals surface area contributed by atoms with E-state index in [0.29, 0.717) is 23.6 Å². The van der Waals surface area contributed by atoms with Gasteiger partial charge in [0, 0.05) is 17.5 Å². The molecule has 0 spiro atoms. The summed E-state index contributed by atoms with van der Waals surface area (Å²) in [5, 5.41) is 4.64. The summed E-state index contributed by atoms with van der Waals surface area (Å²) < 4.78 is 10.3. The quantitative estimate of drug-likeness (QED) is 0.822. The fraction of sp³-hybridized carbons (Fsp3) is 0.333. The summed E-state index contributed by atoms with van der Waals surface area (Å²) in [6.45, 7) is 2.49. The fourth-order valence-corrected chi connectivity index (χ4v) is 3.20. The number of nitrogens with zero attached hydrogens (tertiary/aromatic N) is 1. The molecule has 1 N–H and O–H groups in total. The number of ether oxygens (including phenoxy) is 2. The number of likely N-dealkylation sites (N-methyl/N-ethyl adjacent to an activating group) is 1. The molecule has 7 heteroatoms. The van der Waals surface area contributed by atoms with Crippen molar-refractivity contribution in [3.8, 4) is 11.5 Å². The van der Waals surface area contributed by atoms with E-state index < -0.39 is 0 Å². The molecule has 0 aliphatic rings. The molecule has 0 aliphatic heterocycles. The van der Waals surface area contributed by atoms with Crippen LogP contribution in [-0.4, -0.2) is 44.5 Å². The third-order valence-electron chi connectivity index (χ3n) is 3.82. The van der Waals surface area contributed by atoms with Gasteiger partial charge < -0.3 is 19.7 Å². The number of methoxy groups -OCH3 is 2. The van der Waals surface area contributed by atoms with Crippen LogP contribution in [0.3, 0.4) is 0 Å². The van der Waals surface area contributed by atoms with Crippen LogP contribution in [0.4, 0.5) is 0 Å². The second kappa shape index (κ2) is 8.53. The van der Waals surface area contributed by atoms with Gasteiger partial charge in [0.05, 0.1) is 27.3 Å². The van der Waals surface area contributed by atoms with E-state index in [0.717, 1.165) is 4.88 Å². The molecule has 2 aromatic rings. The molecular weight excluding hydrogens is 340 g/mol. The molecule has 1 heterocycles. The molecule has 0 fully saturated rings. The van der Waals surface area contributed by atoms with E-state index in [1.807, 2.05) is 18.4 Å². The molecule has 25 heavy (non-hydrogen) atoms. The Balaban J connectivity index is 1.92. The van der Waals surface area contributed by atoms with Crippen molar-refractivity contribution in [2.45, 2.75) is 13.5 Å². The predicted molar refractivity (Wildman–Crippen MR) is 97.4 cm³/mol. The Hall–Kier alpha value is -2.54.